The van der Waals surface area contributed by atoms with E-state index < -0.39 is 0 Å². The van der Waals surface area contributed by atoms with E-state index in [2.05, 4.69) is 10.6 Å². The first-order chi connectivity index (χ1) is 7.75. The second-order valence-corrected chi connectivity index (χ2v) is 4.00. The molecule has 1 fully saturated rings. The Hall–Kier alpha value is -1.42. The minimum atomic E-state index is -0.297. The first kappa shape index (κ1) is 11.1. The van der Waals surface area contributed by atoms with Gasteiger partial charge in [0.2, 0.25) is 5.91 Å². The van der Waals surface area contributed by atoms with Gasteiger partial charge in [-0.25, -0.2) is 4.39 Å². The molecule has 1 amide bonds. The van der Waals surface area contributed by atoms with Gasteiger partial charge in [0, 0.05) is 5.69 Å². The van der Waals surface area contributed by atoms with Crippen molar-refractivity contribution in [3.8, 4) is 0 Å². The first-order valence-electron chi connectivity index (χ1n) is 5.55. The molecule has 0 spiro atoms. The summed E-state index contributed by atoms with van der Waals surface area (Å²) in [6.45, 7) is 0.890. The maximum atomic E-state index is 12.7. The van der Waals surface area contributed by atoms with Gasteiger partial charge in [-0.1, -0.05) is 6.42 Å². The Morgan fingerprint density at radius 2 is 2.06 bits per heavy atom. The van der Waals surface area contributed by atoms with Crippen molar-refractivity contribution in [2.75, 3.05) is 11.9 Å². The third-order valence-electron chi connectivity index (χ3n) is 2.74. The number of hydrogen-bond donors (Lipinski definition) is 2. The van der Waals surface area contributed by atoms with E-state index in [0.29, 0.717) is 5.69 Å². The highest BCUT2D eigenvalue weighted by molar-refractivity contribution is 5.94. The fourth-order valence-electron chi connectivity index (χ4n) is 1.84. The van der Waals surface area contributed by atoms with Crippen LogP contribution in [0, 0.1) is 5.82 Å². The van der Waals surface area contributed by atoms with Crippen molar-refractivity contribution < 1.29 is 9.18 Å². The van der Waals surface area contributed by atoms with E-state index in [-0.39, 0.29) is 17.8 Å². The number of carbonyl (C=O) groups excluding carboxylic acids is 1. The van der Waals surface area contributed by atoms with Crippen molar-refractivity contribution in [2.45, 2.75) is 25.3 Å². The highest BCUT2D eigenvalue weighted by Gasteiger charge is 2.20. The van der Waals surface area contributed by atoms with Crippen LogP contribution in [-0.2, 0) is 4.79 Å². The van der Waals surface area contributed by atoms with E-state index >= 15 is 0 Å². The van der Waals surface area contributed by atoms with Gasteiger partial charge in [0.25, 0.3) is 0 Å². The summed E-state index contributed by atoms with van der Waals surface area (Å²) in [6, 6.07) is 5.69. The molecule has 1 aromatic rings. The maximum absolute atomic E-state index is 12.7. The van der Waals surface area contributed by atoms with Crippen LogP contribution in [-0.4, -0.2) is 18.5 Å². The highest BCUT2D eigenvalue weighted by Crippen LogP contribution is 2.12. The molecule has 0 unspecified atom stereocenters. The van der Waals surface area contributed by atoms with Crippen LogP contribution in [0.5, 0.6) is 0 Å². The largest absolute Gasteiger partial charge is 0.325 e. The SMILES string of the molecule is O=C(Nc1ccc(F)cc1)[C@@H]1CCCCN1. The fraction of sp³-hybridized carbons (Fsp3) is 0.417. The lowest BCUT2D eigenvalue weighted by atomic mass is 10.0. The summed E-state index contributed by atoms with van der Waals surface area (Å²) in [7, 11) is 0. The number of hydrogen-bond acceptors (Lipinski definition) is 2. The van der Waals surface area contributed by atoms with Crippen molar-refractivity contribution in [2.24, 2.45) is 0 Å². The zero-order chi connectivity index (χ0) is 11.4. The molecule has 0 radical (unpaired) electrons. The van der Waals surface area contributed by atoms with E-state index in [1.807, 2.05) is 0 Å². The molecule has 0 aromatic heterocycles. The smallest absolute Gasteiger partial charge is 0.241 e. The molecular formula is C12H15FN2O. The Bertz CT molecular complexity index is 358. The van der Waals surface area contributed by atoms with Gasteiger partial charge in [0.15, 0.2) is 0 Å². The number of benzene rings is 1. The number of carbonyl (C=O) groups is 1. The van der Waals surface area contributed by atoms with Crippen molar-refractivity contribution >= 4 is 11.6 Å². The number of amides is 1. The van der Waals surface area contributed by atoms with E-state index in [9.17, 15) is 9.18 Å². The molecule has 2 rings (SSSR count). The predicted octanol–water partition coefficient (Wildman–Crippen LogP) is 1.91. The zero-order valence-electron chi connectivity index (χ0n) is 9.00. The molecule has 2 N–H and O–H groups in total. The minimum Gasteiger partial charge on any atom is -0.325 e. The molecule has 16 heavy (non-hydrogen) atoms. The molecule has 4 heteroatoms. The van der Waals surface area contributed by atoms with Crippen LogP contribution in [0.1, 0.15) is 19.3 Å². The molecule has 1 aliphatic rings. The molecule has 0 saturated carbocycles. The van der Waals surface area contributed by atoms with Crippen molar-refractivity contribution in [1.29, 1.82) is 0 Å². The van der Waals surface area contributed by atoms with Gasteiger partial charge in [0.05, 0.1) is 6.04 Å². The molecule has 1 heterocycles. The molecule has 0 bridgehead atoms. The Morgan fingerprint density at radius 1 is 1.31 bits per heavy atom. The van der Waals surface area contributed by atoms with Crippen LogP contribution in [0.2, 0.25) is 0 Å². The van der Waals surface area contributed by atoms with Gasteiger partial charge in [0.1, 0.15) is 5.82 Å². The zero-order valence-corrected chi connectivity index (χ0v) is 9.00. The molecule has 86 valence electrons. The Kier molecular flexibility index (Phi) is 3.51. The first-order valence-corrected chi connectivity index (χ1v) is 5.55. The van der Waals surface area contributed by atoms with E-state index in [1.165, 1.54) is 12.1 Å². The summed E-state index contributed by atoms with van der Waals surface area (Å²) in [5, 5.41) is 5.94. The number of halogens is 1. The molecular weight excluding hydrogens is 207 g/mol. The monoisotopic (exact) mass is 222 g/mol. The van der Waals surface area contributed by atoms with Crippen LogP contribution in [0.4, 0.5) is 10.1 Å². The average Bonchev–Trinajstić information content (AvgIpc) is 2.33. The Labute approximate surface area is 94.0 Å². The topological polar surface area (TPSA) is 41.1 Å². The lowest BCUT2D eigenvalue weighted by molar-refractivity contribution is -0.118. The summed E-state index contributed by atoms with van der Waals surface area (Å²) < 4.78 is 12.7. The van der Waals surface area contributed by atoms with Crippen LogP contribution in [0.25, 0.3) is 0 Å². The second-order valence-electron chi connectivity index (χ2n) is 4.00. The van der Waals surface area contributed by atoms with Crippen LogP contribution < -0.4 is 10.6 Å². The van der Waals surface area contributed by atoms with E-state index in [0.717, 1.165) is 25.8 Å². The third kappa shape index (κ3) is 2.79. The van der Waals surface area contributed by atoms with E-state index in [4.69, 9.17) is 0 Å². The molecule has 0 aliphatic carbocycles. The summed E-state index contributed by atoms with van der Waals surface area (Å²) in [5.41, 5.74) is 0.638. The number of piperidine rings is 1. The van der Waals surface area contributed by atoms with Gasteiger partial charge in [-0.15, -0.1) is 0 Å². The summed E-state index contributed by atoms with van der Waals surface area (Å²) in [5.74, 6) is -0.333. The van der Waals surface area contributed by atoms with Gasteiger partial charge >= 0.3 is 0 Å². The normalized spacial score (nSPS) is 20.4. The number of nitrogens with one attached hydrogen (secondary N) is 2. The molecule has 1 aliphatic heterocycles. The summed E-state index contributed by atoms with van der Waals surface area (Å²) in [4.78, 5) is 11.8. The Morgan fingerprint density at radius 3 is 2.69 bits per heavy atom. The van der Waals surface area contributed by atoms with Crippen molar-refractivity contribution in [3.63, 3.8) is 0 Å². The molecule has 1 saturated heterocycles. The fourth-order valence-corrected chi connectivity index (χ4v) is 1.84. The van der Waals surface area contributed by atoms with Gasteiger partial charge in [-0.2, -0.15) is 0 Å². The molecule has 1 aromatic carbocycles. The van der Waals surface area contributed by atoms with Crippen LogP contribution in [0.3, 0.4) is 0 Å². The lowest BCUT2D eigenvalue weighted by Crippen LogP contribution is -2.43. The number of rotatable bonds is 2. The Balaban J connectivity index is 1.93. The van der Waals surface area contributed by atoms with Gasteiger partial charge < -0.3 is 10.6 Å². The van der Waals surface area contributed by atoms with Crippen LogP contribution in [0.15, 0.2) is 24.3 Å². The second kappa shape index (κ2) is 5.07. The molecule has 3 nitrogen and oxygen atoms in total. The average molecular weight is 222 g/mol. The lowest BCUT2D eigenvalue weighted by Gasteiger charge is -2.22. The predicted molar refractivity (Wildman–Crippen MR) is 60.7 cm³/mol. The minimum absolute atomic E-state index is 0.0358. The maximum Gasteiger partial charge on any atom is 0.241 e. The van der Waals surface area contributed by atoms with Crippen molar-refractivity contribution in [3.05, 3.63) is 30.1 Å². The standard InChI is InChI=1S/C12H15FN2O/c13-9-4-6-10(7-5-9)15-12(16)11-3-1-2-8-14-11/h4-7,11,14H,1-3,8H2,(H,15,16)/t11-/m0/s1. The number of anilines is 1. The third-order valence-corrected chi connectivity index (χ3v) is 2.74. The highest BCUT2D eigenvalue weighted by atomic mass is 19.1. The molecule has 1 atom stereocenters. The van der Waals surface area contributed by atoms with E-state index in [1.54, 1.807) is 12.1 Å². The van der Waals surface area contributed by atoms with Crippen molar-refractivity contribution in [1.82, 2.24) is 5.32 Å². The summed E-state index contributed by atoms with van der Waals surface area (Å²) >= 11 is 0. The van der Waals surface area contributed by atoms with Gasteiger partial charge in [-0.05, 0) is 43.7 Å². The summed E-state index contributed by atoms with van der Waals surface area (Å²) in [6.07, 6.45) is 3.07. The van der Waals surface area contributed by atoms with Crippen LogP contribution >= 0.6 is 0 Å². The van der Waals surface area contributed by atoms with Gasteiger partial charge in [-0.3, -0.25) is 4.79 Å². The quantitative estimate of drug-likeness (QED) is 0.802.